The molecule has 0 fully saturated rings. The number of aliphatic hydroxyl groups excluding tert-OH is 1. The molecular weight excluding hydrogens is 452 g/mol. The van der Waals surface area contributed by atoms with Crippen LogP contribution in [-0.4, -0.2) is 66.7 Å². The second-order valence-corrected chi connectivity index (χ2v) is 7.81. The highest BCUT2D eigenvalue weighted by Crippen LogP contribution is 2.32. The van der Waals surface area contributed by atoms with Crippen LogP contribution in [0.5, 0.6) is 0 Å². The average molecular weight is 479 g/mol. The second-order valence-electron chi connectivity index (χ2n) is 7.03. The molecule has 0 bridgehead atoms. The van der Waals surface area contributed by atoms with Crippen LogP contribution in [0.1, 0.15) is 17.9 Å². The molecule has 1 aliphatic rings. The van der Waals surface area contributed by atoms with Gasteiger partial charge in [-0.2, -0.15) is 11.3 Å². The molecule has 12 heteroatoms. The summed E-state index contributed by atoms with van der Waals surface area (Å²) in [5.74, 6) is 0.277. The van der Waals surface area contributed by atoms with Crippen molar-refractivity contribution in [1.29, 1.82) is 0 Å². The topological polar surface area (TPSA) is 145 Å². The van der Waals surface area contributed by atoms with Gasteiger partial charge in [0, 0.05) is 31.5 Å². The van der Waals surface area contributed by atoms with Gasteiger partial charge in [0.05, 0.1) is 31.4 Å². The molecule has 3 N–H and O–H groups in total. The average Bonchev–Trinajstić information content (AvgIpc) is 3.37. The number of allylic oxidation sites excluding steroid dienone is 1. The van der Waals surface area contributed by atoms with Gasteiger partial charge in [-0.3, -0.25) is 14.9 Å². The molecule has 2 aromatic heterocycles. The Morgan fingerprint density at radius 1 is 1.30 bits per heavy atom. The van der Waals surface area contributed by atoms with Crippen LogP contribution in [0.2, 0.25) is 0 Å². The number of carbonyl (C=O) groups is 1. The van der Waals surface area contributed by atoms with Gasteiger partial charge in [0.1, 0.15) is 12.0 Å². The number of nitrogens with one attached hydrogen (secondary N) is 2. The number of aliphatic hydroxyl groups is 1. The van der Waals surface area contributed by atoms with Gasteiger partial charge in [0.25, 0.3) is 11.6 Å². The minimum atomic E-state index is -0.596. The zero-order chi connectivity index (χ0) is 23.5. The number of hydrogen-bond donors (Lipinski definition) is 3. The quantitative estimate of drug-likeness (QED) is 0.224. The Hall–Kier alpha value is -3.06. The van der Waals surface area contributed by atoms with E-state index in [2.05, 4.69) is 15.6 Å². The number of rotatable bonds is 13. The van der Waals surface area contributed by atoms with Crippen molar-refractivity contribution in [3.63, 3.8) is 0 Å². The third-order valence-electron chi connectivity index (χ3n) is 4.69. The molecule has 33 heavy (non-hydrogen) atoms. The Morgan fingerprint density at radius 2 is 2.18 bits per heavy atom. The van der Waals surface area contributed by atoms with E-state index in [1.807, 2.05) is 16.8 Å². The fraction of sp³-hybridized carbons (Fsp3) is 0.429. The summed E-state index contributed by atoms with van der Waals surface area (Å²) in [5.41, 5.74) is 0.997. The summed E-state index contributed by atoms with van der Waals surface area (Å²) in [6.45, 7) is 1.45. The van der Waals surface area contributed by atoms with Gasteiger partial charge in [-0.15, -0.1) is 0 Å². The lowest BCUT2D eigenvalue weighted by molar-refractivity contribution is -0.385. The van der Waals surface area contributed by atoms with Crippen LogP contribution in [0.15, 0.2) is 47.0 Å². The monoisotopic (exact) mass is 478 g/mol. The van der Waals surface area contributed by atoms with E-state index in [-0.39, 0.29) is 43.1 Å². The lowest BCUT2D eigenvalue weighted by Gasteiger charge is -2.29. The number of nitro groups is 1. The van der Waals surface area contributed by atoms with Gasteiger partial charge in [-0.05, 0) is 34.5 Å². The molecule has 0 unspecified atom stereocenters. The van der Waals surface area contributed by atoms with Gasteiger partial charge >= 0.3 is 0 Å². The van der Waals surface area contributed by atoms with Crippen molar-refractivity contribution < 1.29 is 29.0 Å². The highest BCUT2D eigenvalue weighted by Gasteiger charge is 2.28. The van der Waals surface area contributed by atoms with E-state index < -0.39 is 11.2 Å². The minimum absolute atomic E-state index is 0.0171. The molecule has 2 aromatic rings. The molecule has 0 aromatic carbocycles. The largest absolute Gasteiger partial charge is 0.459 e. The summed E-state index contributed by atoms with van der Waals surface area (Å²) in [5, 5.41) is 29.2. The standard InChI is InChI=1S/C21H26N4O7S/c26-6-7-30-8-9-31-20-12-16(15-3-10-33-14-15)11-18(32-20)21(27)23-5-4-22-19-2-1-17(13-24-19)25(28)29/h1-3,10-11,13-14,16,20,26H,4-9,12H2,(H,22,24)(H,23,27)/t16-,20+/m0/s1. The predicted octanol–water partition coefficient (Wildman–Crippen LogP) is 2.02. The van der Waals surface area contributed by atoms with E-state index in [0.29, 0.717) is 31.9 Å². The highest BCUT2D eigenvalue weighted by molar-refractivity contribution is 7.08. The smallest absolute Gasteiger partial charge is 0.287 e. The van der Waals surface area contributed by atoms with Crippen molar-refractivity contribution in [1.82, 2.24) is 10.3 Å². The fourth-order valence-corrected chi connectivity index (χ4v) is 3.82. The van der Waals surface area contributed by atoms with Crippen molar-refractivity contribution in [3.8, 4) is 0 Å². The van der Waals surface area contributed by atoms with Crippen molar-refractivity contribution in [2.45, 2.75) is 18.6 Å². The van der Waals surface area contributed by atoms with E-state index in [0.717, 1.165) is 5.56 Å². The molecule has 1 aliphatic heterocycles. The van der Waals surface area contributed by atoms with Gasteiger partial charge in [0.15, 0.2) is 5.76 Å². The number of anilines is 1. The molecule has 11 nitrogen and oxygen atoms in total. The van der Waals surface area contributed by atoms with Crippen LogP contribution in [0.4, 0.5) is 11.5 Å². The number of thiophene rings is 1. The van der Waals surface area contributed by atoms with E-state index in [4.69, 9.17) is 19.3 Å². The summed E-state index contributed by atoms with van der Waals surface area (Å²) in [6, 6.07) is 4.87. The second kappa shape index (κ2) is 12.8. The van der Waals surface area contributed by atoms with E-state index in [9.17, 15) is 14.9 Å². The van der Waals surface area contributed by atoms with Gasteiger partial charge in [-0.25, -0.2) is 4.98 Å². The van der Waals surface area contributed by atoms with Crippen molar-refractivity contribution in [2.24, 2.45) is 0 Å². The number of aromatic nitrogens is 1. The van der Waals surface area contributed by atoms with Crippen LogP contribution in [0.3, 0.4) is 0 Å². The number of nitrogens with zero attached hydrogens (tertiary/aromatic N) is 2. The van der Waals surface area contributed by atoms with Crippen LogP contribution in [0, 0.1) is 10.1 Å². The summed E-state index contributed by atoms with van der Waals surface area (Å²) < 4.78 is 16.7. The lowest BCUT2D eigenvalue weighted by Crippen LogP contribution is -2.35. The maximum atomic E-state index is 12.7. The molecule has 3 heterocycles. The van der Waals surface area contributed by atoms with Gasteiger partial charge in [0.2, 0.25) is 6.29 Å². The Morgan fingerprint density at radius 3 is 2.88 bits per heavy atom. The summed E-state index contributed by atoms with van der Waals surface area (Å²) in [4.78, 5) is 26.8. The molecule has 0 saturated heterocycles. The zero-order valence-electron chi connectivity index (χ0n) is 17.8. The van der Waals surface area contributed by atoms with Gasteiger partial charge in [-0.1, -0.05) is 0 Å². The molecule has 1 amide bonds. The number of pyridine rings is 1. The number of hydrogen-bond acceptors (Lipinski definition) is 10. The molecule has 0 spiro atoms. The highest BCUT2D eigenvalue weighted by atomic mass is 32.1. The number of carbonyl (C=O) groups excluding carboxylic acids is 1. The zero-order valence-corrected chi connectivity index (χ0v) is 18.7. The molecule has 0 saturated carbocycles. The molecule has 2 atom stereocenters. The first-order valence-electron chi connectivity index (χ1n) is 10.4. The first-order valence-corrected chi connectivity index (χ1v) is 11.3. The van der Waals surface area contributed by atoms with Crippen molar-refractivity contribution >= 4 is 28.7 Å². The molecular formula is C21H26N4O7S. The summed E-state index contributed by atoms with van der Waals surface area (Å²) in [7, 11) is 0. The molecule has 3 rings (SSSR count). The van der Waals surface area contributed by atoms with Crippen LogP contribution in [-0.2, 0) is 19.0 Å². The number of ether oxygens (including phenoxy) is 3. The van der Waals surface area contributed by atoms with E-state index in [1.165, 1.54) is 18.3 Å². The lowest BCUT2D eigenvalue weighted by atomic mass is 9.95. The fourth-order valence-electron chi connectivity index (χ4n) is 3.09. The van der Waals surface area contributed by atoms with E-state index in [1.54, 1.807) is 17.4 Å². The van der Waals surface area contributed by atoms with Crippen LogP contribution < -0.4 is 10.6 Å². The maximum Gasteiger partial charge on any atom is 0.287 e. The first kappa shape index (κ1) is 24.6. The molecule has 0 aliphatic carbocycles. The SMILES string of the molecule is O=C(NCCNc1ccc([N+](=O)[O-])cn1)C1=C[C@H](c2ccsc2)C[C@H](OCCOCCO)O1. The molecule has 178 valence electrons. The van der Waals surface area contributed by atoms with Crippen molar-refractivity contribution in [3.05, 3.63) is 62.7 Å². The third kappa shape index (κ3) is 7.79. The maximum absolute atomic E-state index is 12.7. The Labute approximate surface area is 194 Å². The Bertz CT molecular complexity index is 921. The predicted molar refractivity (Wildman–Crippen MR) is 121 cm³/mol. The van der Waals surface area contributed by atoms with Crippen molar-refractivity contribution in [2.75, 3.05) is 44.8 Å². The Kier molecular flexibility index (Phi) is 9.57. The number of amides is 1. The third-order valence-corrected chi connectivity index (χ3v) is 5.40. The summed E-state index contributed by atoms with van der Waals surface area (Å²) >= 11 is 1.58. The van der Waals surface area contributed by atoms with Crippen LogP contribution in [0.25, 0.3) is 0 Å². The van der Waals surface area contributed by atoms with Gasteiger partial charge < -0.3 is 30.0 Å². The van der Waals surface area contributed by atoms with E-state index >= 15 is 0 Å². The molecule has 0 radical (unpaired) electrons. The Balaban J connectivity index is 1.50. The minimum Gasteiger partial charge on any atom is -0.459 e. The summed E-state index contributed by atoms with van der Waals surface area (Å²) in [6.07, 6.45) is 2.94. The first-order chi connectivity index (χ1) is 16.1. The van der Waals surface area contributed by atoms with Crippen LogP contribution >= 0.6 is 11.3 Å². The normalized spacial score (nSPS) is 17.7.